The van der Waals surface area contributed by atoms with Crippen LogP contribution in [0.25, 0.3) is 0 Å². The zero-order valence-electron chi connectivity index (χ0n) is 29.1. The van der Waals surface area contributed by atoms with Crippen LogP contribution in [-0.2, 0) is 9.47 Å². The van der Waals surface area contributed by atoms with Crippen LogP contribution in [0.15, 0.2) is 11.6 Å². The van der Waals surface area contributed by atoms with E-state index in [4.69, 9.17) is 9.47 Å². The molecule has 0 bridgehead atoms. The van der Waals surface area contributed by atoms with Crippen molar-refractivity contribution in [2.24, 2.45) is 51.2 Å². The molecule has 7 nitrogen and oxygen atoms in total. The Kier molecular flexibility index (Phi) is 9.37. The Labute approximate surface area is 266 Å². The number of aliphatic hydroxyl groups is 5. The topological polar surface area (TPSA) is 120 Å². The van der Waals surface area contributed by atoms with Crippen LogP contribution >= 0.6 is 0 Å². The third kappa shape index (κ3) is 5.37. The number of hydrogen-bond donors (Lipinski definition) is 5. The minimum atomic E-state index is -1.09. The van der Waals surface area contributed by atoms with Crippen LogP contribution in [0.5, 0.6) is 0 Å². The Bertz CT molecular complexity index is 1070. The summed E-state index contributed by atoms with van der Waals surface area (Å²) in [4.78, 5) is 0. The fourth-order valence-electron chi connectivity index (χ4n) is 11.4. The van der Waals surface area contributed by atoms with Crippen molar-refractivity contribution in [1.82, 2.24) is 0 Å². The third-order valence-electron chi connectivity index (χ3n) is 14.8. The van der Waals surface area contributed by atoms with Gasteiger partial charge in [0.1, 0.15) is 0 Å². The van der Waals surface area contributed by atoms with Gasteiger partial charge >= 0.3 is 0 Å². The van der Waals surface area contributed by atoms with Gasteiger partial charge in [0, 0.05) is 23.2 Å². The number of allylic oxidation sites excluding steroid dienone is 1. The molecule has 5 rings (SSSR count). The Morgan fingerprint density at radius 1 is 1.00 bits per heavy atom. The molecule has 5 N–H and O–H groups in total. The minimum Gasteiger partial charge on any atom is -0.394 e. The Balaban J connectivity index is 1.32. The van der Waals surface area contributed by atoms with E-state index >= 15 is 0 Å². The van der Waals surface area contributed by atoms with Gasteiger partial charge in [-0.25, -0.2) is 0 Å². The van der Waals surface area contributed by atoms with Crippen LogP contribution in [0.1, 0.15) is 120 Å². The molecule has 14 atom stereocenters. The molecule has 0 aromatic carbocycles. The molecule has 0 radical (unpaired) electrons. The SMILES string of the molecule is CC(CCC(OC1CC(O)C(C)C(CO)O1)C(C)(C)O)C1CCC2(C)C3CC=C4C(CCC(O)C4(C)C)C3(C)C(O)CC12C. The van der Waals surface area contributed by atoms with Crippen LogP contribution in [0.4, 0.5) is 0 Å². The average molecular weight is 621 g/mol. The van der Waals surface area contributed by atoms with Gasteiger partial charge in [-0.2, -0.15) is 0 Å². The smallest absolute Gasteiger partial charge is 0.161 e. The minimum absolute atomic E-state index is 0.00276. The van der Waals surface area contributed by atoms with Crippen LogP contribution in [0, 0.1) is 51.2 Å². The number of fused-ring (bicyclic) bond motifs is 5. The molecule has 1 saturated heterocycles. The molecule has 254 valence electrons. The summed E-state index contributed by atoms with van der Waals surface area (Å²) in [6.07, 6.45) is 7.19. The summed E-state index contributed by atoms with van der Waals surface area (Å²) in [5.41, 5.74) is -0.0511. The summed E-state index contributed by atoms with van der Waals surface area (Å²) in [7, 11) is 0. The standard InChI is InChI=1S/C37H64O7/c1-21(10-15-31(34(5,6)42)44-32-18-26(39)22(2)27(20-38)43-32)23-16-17-35(7)28-13-11-24-25(12-14-29(40)33(24,3)4)37(28,9)30(41)19-36(23,35)8/h11,21-23,25-32,38-42H,10,12-20H2,1-9H3. The Morgan fingerprint density at radius 3 is 2.32 bits per heavy atom. The van der Waals surface area contributed by atoms with E-state index in [0.717, 1.165) is 44.9 Å². The van der Waals surface area contributed by atoms with E-state index in [2.05, 4.69) is 47.6 Å². The molecule has 0 aromatic heterocycles. The Hall–Kier alpha value is -0.540. The van der Waals surface area contributed by atoms with E-state index in [0.29, 0.717) is 36.5 Å². The lowest BCUT2D eigenvalue weighted by atomic mass is 9.38. The maximum absolute atomic E-state index is 12.2. The van der Waals surface area contributed by atoms with E-state index in [-0.39, 0.29) is 46.4 Å². The molecule has 7 heteroatoms. The van der Waals surface area contributed by atoms with Crippen molar-refractivity contribution in [2.45, 2.75) is 163 Å². The highest BCUT2D eigenvalue weighted by Gasteiger charge is 2.70. The van der Waals surface area contributed by atoms with Crippen molar-refractivity contribution in [2.75, 3.05) is 6.61 Å². The molecule has 0 spiro atoms. The first-order valence-electron chi connectivity index (χ1n) is 17.7. The summed E-state index contributed by atoms with van der Waals surface area (Å²) in [6, 6.07) is 0. The molecule has 1 aliphatic heterocycles. The molecule has 4 fully saturated rings. The summed E-state index contributed by atoms with van der Waals surface area (Å²) in [6.45, 7) is 19.3. The number of hydrogen-bond acceptors (Lipinski definition) is 7. The van der Waals surface area contributed by atoms with Crippen LogP contribution < -0.4 is 0 Å². The largest absolute Gasteiger partial charge is 0.394 e. The van der Waals surface area contributed by atoms with Gasteiger partial charge in [0.25, 0.3) is 0 Å². The predicted octanol–water partition coefficient (Wildman–Crippen LogP) is 5.60. The van der Waals surface area contributed by atoms with Gasteiger partial charge in [0.15, 0.2) is 6.29 Å². The van der Waals surface area contributed by atoms with E-state index in [1.54, 1.807) is 13.8 Å². The van der Waals surface area contributed by atoms with Crippen molar-refractivity contribution in [1.29, 1.82) is 0 Å². The first kappa shape index (κ1) is 34.8. The highest BCUT2D eigenvalue weighted by atomic mass is 16.7. The van der Waals surface area contributed by atoms with Gasteiger partial charge in [0.2, 0.25) is 0 Å². The quantitative estimate of drug-likeness (QED) is 0.224. The number of aliphatic hydroxyl groups excluding tert-OH is 4. The normalized spacial score (nSPS) is 48.5. The second kappa shape index (κ2) is 11.9. The van der Waals surface area contributed by atoms with Crippen LogP contribution in [-0.4, -0.2) is 74.6 Å². The van der Waals surface area contributed by atoms with Crippen LogP contribution in [0.3, 0.4) is 0 Å². The molecular formula is C37H64O7. The lowest BCUT2D eigenvalue weighted by Gasteiger charge is -2.67. The van der Waals surface area contributed by atoms with Gasteiger partial charge in [-0.05, 0) is 99.7 Å². The summed E-state index contributed by atoms with van der Waals surface area (Å²) in [5, 5.41) is 54.4. The van der Waals surface area contributed by atoms with Crippen molar-refractivity contribution in [3.63, 3.8) is 0 Å². The number of ether oxygens (including phenoxy) is 2. The van der Waals surface area contributed by atoms with Crippen molar-refractivity contribution in [3.8, 4) is 0 Å². The third-order valence-corrected chi connectivity index (χ3v) is 14.8. The summed E-state index contributed by atoms with van der Waals surface area (Å²) < 4.78 is 12.3. The molecule has 0 amide bonds. The van der Waals surface area contributed by atoms with Crippen molar-refractivity contribution < 1.29 is 35.0 Å². The molecule has 3 saturated carbocycles. The van der Waals surface area contributed by atoms with E-state index in [1.807, 2.05) is 6.92 Å². The van der Waals surface area contributed by atoms with Gasteiger partial charge < -0.3 is 35.0 Å². The zero-order valence-corrected chi connectivity index (χ0v) is 29.1. The molecule has 4 aliphatic carbocycles. The molecular weight excluding hydrogens is 556 g/mol. The highest BCUT2D eigenvalue weighted by Crippen LogP contribution is 2.75. The van der Waals surface area contributed by atoms with Gasteiger partial charge in [-0.1, -0.05) is 60.1 Å². The lowest BCUT2D eigenvalue weighted by molar-refractivity contribution is -0.274. The second-order valence-corrected chi connectivity index (χ2v) is 17.7. The van der Waals surface area contributed by atoms with Gasteiger partial charge in [-0.3, -0.25) is 0 Å². The maximum atomic E-state index is 12.2. The monoisotopic (exact) mass is 620 g/mol. The average Bonchev–Trinajstić information content (AvgIpc) is 3.20. The summed E-state index contributed by atoms with van der Waals surface area (Å²) >= 11 is 0. The Morgan fingerprint density at radius 2 is 1.68 bits per heavy atom. The van der Waals surface area contributed by atoms with E-state index in [1.165, 1.54) is 5.57 Å². The highest BCUT2D eigenvalue weighted by molar-refractivity contribution is 5.31. The van der Waals surface area contributed by atoms with Crippen molar-refractivity contribution in [3.05, 3.63) is 11.6 Å². The molecule has 5 aliphatic rings. The summed E-state index contributed by atoms with van der Waals surface area (Å²) in [5.74, 6) is 1.37. The molecule has 0 aromatic rings. The lowest BCUT2D eigenvalue weighted by Crippen LogP contribution is -2.64. The van der Waals surface area contributed by atoms with Gasteiger partial charge in [0.05, 0.1) is 42.7 Å². The van der Waals surface area contributed by atoms with Crippen LogP contribution in [0.2, 0.25) is 0 Å². The zero-order chi connectivity index (χ0) is 32.6. The predicted molar refractivity (Wildman–Crippen MR) is 171 cm³/mol. The fraction of sp³-hybridized carbons (Fsp3) is 0.946. The fourth-order valence-corrected chi connectivity index (χ4v) is 11.4. The molecule has 1 heterocycles. The first-order chi connectivity index (χ1) is 20.3. The van der Waals surface area contributed by atoms with Crippen molar-refractivity contribution >= 4 is 0 Å². The van der Waals surface area contributed by atoms with E-state index in [9.17, 15) is 25.5 Å². The second-order valence-electron chi connectivity index (χ2n) is 17.7. The maximum Gasteiger partial charge on any atom is 0.161 e. The number of rotatable bonds is 8. The molecule has 44 heavy (non-hydrogen) atoms. The van der Waals surface area contributed by atoms with E-state index < -0.39 is 30.2 Å². The molecule has 14 unspecified atom stereocenters. The first-order valence-corrected chi connectivity index (χ1v) is 17.7. The van der Waals surface area contributed by atoms with Gasteiger partial charge in [-0.15, -0.1) is 0 Å².